The number of hydrogen-bond donors (Lipinski definition) is 0. The van der Waals surface area contributed by atoms with Gasteiger partial charge in [-0.1, -0.05) is 66.7 Å². The molecule has 150 valence electrons. The Balaban J connectivity index is 1.40. The van der Waals surface area contributed by atoms with E-state index in [9.17, 15) is 0 Å². The van der Waals surface area contributed by atoms with Crippen molar-refractivity contribution >= 4 is 16.8 Å². The molecule has 0 amide bonds. The van der Waals surface area contributed by atoms with Gasteiger partial charge in [0.05, 0.1) is 11.6 Å². The Kier molecular flexibility index (Phi) is 4.98. The minimum Gasteiger partial charge on any atom is -0.488 e. The summed E-state index contributed by atoms with van der Waals surface area (Å²) in [7, 11) is 2.05. The van der Waals surface area contributed by atoms with Gasteiger partial charge in [0.25, 0.3) is 0 Å². The quantitative estimate of drug-likeness (QED) is 0.452. The van der Waals surface area contributed by atoms with E-state index in [-0.39, 0.29) is 6.04 Å². The minimum absolute atomic E-state index is 0.147. The van der Waals surface area contributed by atoms with Gasteiger partial charge < -0.3 is 14.0 Å². The molecule has 4 heteroatoms. The van der Waals surface area contributed by atoms with E-state index in [1.165, 1.54) is 5.56 Å². The Hall–Kier alpha value is -3.53. The van der Waals surface area contributed by atoms with E-state index < -0.39 is 0 Å². The molecule has 0 N–H and O–H groups in total. The zero-order valence-electron chi connectivity index (χ0n) is 17.0. The summed E-state index contributed by atoms with van der Waals surface area (Å²) in [6, 6.07) is 29.1. The first-order chi connectivity index (χ1) is 14.8. The Labute approximate surface area is 176 Å². The average Bonchev–Trinajstić information content (AvgIpc) is 3.38. The normalized spacial score (nSPS) is 15.8. The molecule has 0 saturated carbocycles. The first-order valence-electron chi connectivity index (χ1n) is 10.3. The summed E-state index contributed by atoms with van der Waals surface area (Å²) in [6.07, 6.45) is 0.889. The molecule has 3 aromatic carbocycles. The van der Waals surface area contributed by atoms with Gasteiger partial charge in [0.15, 0.2) is 0 Å². The summed E-state index contributed by atoms with van der Waals surface area (Å²) >= 11 is 0. The van der Waals surface area contributed by atoms with Gasteiger partial charge in [-0.3, -0.25) is 0 Å². The fraction of sp³-hybridized carbons (Fsp3) is 0.192. The predicted octanol–water partition coefficient (Wildman–Crippen LogP) is 5.15. The molecule has 4 aromatic rings. The third kappa shape index (κ3) is 3.69. The van der Waals surface area contributed by atoms with E-state index in [0.717, 1.165) is 34.3 Å². The van der Waals surface area contributed by atoms with Crippen molar-refractivity contribution in [3.05, 3.63) is 102 Å². The maximum atomic E-state index is 6.14. The van der Waals surface area contributed by atoms with Gasteiger partial charge in [0.1, 0.15) is 24.7 Å². The smallest absolute Gasteiger partial charge is 0.233 e. The third-order valence-corrected chi connectivity index (χ3v) is 5.53. The number of hydrogen-bond acceptors (Lipinski definition) is 3. The lowest BCUT2D eigenvalue weighted by Gasteiger charge is -2.08. The molecular formula is C26H24N2O2. The van der Waals surface area contributed by atoms with Crippen LogP contribution in [0, 0.1) is 0 Å². The Morgan fingerprint density at radius 2 is 1.67 bits per heavy atom. The second kappa shape index (κ2) is 8.07. The minimum atomic E-state index is 0.147. The zero-order chi connectivity index (χ0) is 20.3. The molecule has 0 unspecified atom stereocenters. The predicted molar refractivity (Wildman–Crippen MR) is 120 cm³/mol. The van der Waals surface area contributed by atoms with Crippen molar-refractivity contribution in [1.82, 2.24) is 4.57 Å². The molecule has 0 bridgehead atoms. The van der Waals surface area contributed by atoms with Crippen molar-refractivity contribution < 1.29 is 9.47 Å². The molecule has 5 rings (SSSR count). The molecule has 30 heavy (non-hydrogen) atoms. The fourth-order valence-corrected chi connectivity index (χ4v) is 3.95. The number of ether oxygens (including phenoxy) is 2. The van der Waals surface area contributed by atoms with E-state index >= 15 is 0 Å². The molecule has 1 aromatic heterocycles. The van der Waals surface area contributed by atoms with Crippen LogP contribution in [0.3, 0.4) is 0 Å². The van der Waals surface area contributed by atoms with E-state index in [0.29, 0.717) is 19.1 Å². The number of aliphatic imine (C=N–C) groups is 1. The van der Waals surface area contributed by atoms with Crippen LogP contribution in [-0.2, 0) is 24.8 Å². The van der Waals surface area contributed by atoms with Crippen LogP contribution in [0.1, 0.15) is 16.8 Å². The van der Waals surface area contributed by atoms with Crippen LogP contribution in [0.5, 0.6) is 5.75 Å². The zero-order valence-corrected chi connectivity index (χ0v) is 17.0. The molecule has 0 spiro atoms. The average molecular weight is 396 g/mol. The van der Waals surface area contributed by atoms with Gasteiger partial charge in [-0.05, 0) is 35.7 Å². The van der Waals surface area contributed by atoms with E-state index in [2.05, 4.69) is 60.1 Å². The third-order valence-electron chi connectivity index (χ3n) is 5.53. The highest BCUT2D eigenvalue weighted by atomic mass is 16.5. The van der Waals surface area contributed by atoms with Crippen molar-refractivity contribution in [2.45, 2.75) is 19.1 Å². The summed E-state index contributed by atoms with van der Waals surface area (Å²) in [4.78, 5) is 4.87. The lowest BCUT2D eigenvalue weighted by atomic mass is 10.1. The van der Waals surface area contributed by atoms with Crippen LogP contribution >= 0.6 is 0 Å². The van der Waals surface area contributed by atoms with Gasteiger partial charge in [0, 0.05) is 12.4 Å². The SMILES string of the molecule is Cn1c(C2=N[C@@H](Cc3ccccc3)CO2)cc2c(OCc3ccccc3)cccc21. The highest BCUT2D eigenvalue weighted by molar-refractivity contribution is 6.01. The van der Waals surface area contributed by atoms with Crippen molar-refractivity contribution in [3.63, 3.8) is 0 Å². The number of benzene rings is 3. The molecule has 4 nitrogen and oxygen atoms in total. The summed E-state index contributed by atoms with van der Waals surface area (Å²) in [5.41, 5.74) is 4.52. The van der Waals surface area contributed by atoms with Gasteiger partial charge in [-0.25, -0.2) is 4.99 Å². The Morgan fingerprint density at radius 3 is 2.43 bits per heavy atom. The Bertz CT molecular complexity index is 1180. The molecule has 0 saturated heterocycles. The molecule has 1 aliphatic heterocycles. The standard InChI is InChI=1S/C26H24N2O2/c1-28-23-13-8-14-25(29-17-20-11-6-3-7-12-20)22(23)16-24(28)26-27-21(18-30-26)15-19-9-4-2-5-10-19/h2-14,16,21H,15,17-18H2,1H3/t21-/m0/s1. The van der Waals surface area contributed by atoms with Gasteiger partial charge in [-0.15, -0.1) is 0 Å². The summed E-state index contributed by atoms with van der Waals surface area (Å²) < 4.78 is 14.3. The second-order valence-corrected chi connectivity index (χ2v) is 7.64. The van der Waals surface area contributed by atoms with Crippen LogP contribution in [0.2, 0.25) is 0 Å². The van der Waals surface area contributed by atoms with E-state index in [1.54, 1.807) is 0 Å². The second-order valence-electron chi connectivity index (χ2n) is 7.64. The van der Waals surface area contributed by atoms with Crippen molar-refractivity contribution in [2.24, 2.45) is 12.0 Å². The molecule has 0 aliphatic carbocycles. The van der Waals surface area contributed by atoms with E-state index in [1.807, 2.05) is 36.4 Å². The lowest BCUT2D eigenvalue weighted by Crippen LogP contribution is -2.10. The highest BCUT2D eigenvalue weighted by Gasteiger charge is 2.24. The van der Waals surface area contributed by atoms with E-state index in [4.69, 9.17) is 14.5 Å². The maximum Gasteiger partial charge on any atom is 0.233 e. The molecule has 1 atom stereocenters. The number of rotatable bonds is 6. The van der Waals surface area contributed by atoms with Crippen molar-refractivity contribution in [3.8, 4) is 5.75 Å². The number of aromatic nitrogens is 1. The number of nitrogens with zero attached hydrogens (tertiary/aromatic N) is 2. The monoisotopic (exact) mass is 396 g/mol. The van der Waals surface area contributed by atoms with Gasteiger partial charge in [0.2, 0.25) is 5.90 Å². The molecule has 1 aliphatic rings. The molecular weight excluding hydrogens is 372 g/mol. The summed E-state index contributed by atoms with van der Waals surface area (Å²) in [6.45, 7) is 1.16. The van der Waals surface area contributed by atoms with Gasteiger partial charge >= 0.3 is 0 Å². The first-order valence-corrected chi connectivity index (χ1v) is 10.3. The summed E-state index contributed by atoms with van der Waals surface area (Å²) in [5, 5.41) is 1.07. The first kappa shape index (κ1) is 18.5. The van der Waals surface area contributed by atoms with Crippen LogP contribution in [0.15, 0.2) is 89.9 Å². The number of fused-ring (bicyclic) bond motifs is 1. The van der Waals surface area contributed by atoms with Gasteiger partial charge in [-0.2, -0.15) is 0 Å². The molecule has 0 radical (unpaired) electrons. The largest absolute Gasteiger partial charge is 0.488 e. The summed E-state index contributed by atoms with van der Waals surface area (Å²) in [5.74, 6) is 1.58. The lowest BCUT2D eigenvalue weighted by molar-refractivity contribution is 0.310. The van der Waals surface area contributed by atoms with Crippen LogP contribution in [-0.4, -0.2) is 23.1 Å². The van der Waals surface area contributed by atoms with Crippen LogP contribution < -0.4 is 4.74 Å². The highest BCUT2D eigenvalue weighted by Crippen LogP contribution is 2.30. The topological polar surface area (TPSA) is 35.8 Å². The van der Waals surface area contributed by atoms with Crippen molar-refractivity contribution in [1.29, 1.82) is 0 Å². The van der Waals surface area contributed by atoms with Crippen LogP contribution in [0.25, 0.3) is 10.9 Å². The maximum absolute atomic E-state index is 6.14. The molecule has 2 heterocycles. The Morgan fingerprint density at radius 1 is 0.933 bits per heavy atom. The number of aryl methyl sites for hydroxylation is 1. The fourth-order valence-electron chi connectivity index (χ4n) is 3.95. The molecule has 0 fully saturated rings. The van der Waals surface area contributed by atoms with Crippen molar-refractivity contribution in [2.75, 3.05) is 6.61 Å². The van der Waals surface area contributed by atoms with Crippen LogP contribution in [0.4, 0.5) is 0 Å².